The molecule has 14 heteroatoms. The molecule has 5 rings (SSSR count). The second kappa shape index (κ2) is 13.4. The molecule has 0 spiro atoms. The molecule has 0 aromatic heterocycles. The number of amides is 1. The number of nitrogens with zero attached hydrogens (tertiary/aromatic N) is 1. The molecular weight excluding hydrogens is 619 g/mol. The van der Waals surface area contributed by atoms with Crippen LogP contribution in [0.3, 0.4) is 0 Å². The Hall–Kier alpha value is -2.59. The van der Waals surface area contributed by atoms with Crippen LogP contribution in [0.4, 0.5) is 4.39 Å². The van der Waals surface area contributed by atoms with Gasteiger partial charge in [0.15, 0.2) is 23.8 Å². The fourth-order valence-corrected chi connectivity index (χ4v) is 9.36. The van der Waals surface area contributed by atoms with E-state index in [1.807, 2.05) is 13.8 Å². The molecule has 4 N–H and O–H groups in total. The highest BCUT2D eigenvalue weighted by Gasteiger charge is 2.77. The third kappa shape index (κ3) is 6.57. The molecule has 47 heavy (non-hydrogen) atoms. The third-order valence-corrected chi connectivity index (χ3v) is 11.2. The molecule has 1 amide bonds. The molecule has 0 bridgehead atoms. The van der Waals surface area contributed by atoms with Crippen LogP contribution in [-0.4, -0.2) is 93.9 Å². The maximum absolute atomic E-state index is 15.8. The molecule has 1 heterocycles. The quantitative estimate of drug-likeness (QED) is 0.128. The molecule has 3 saturated carbocycles. The second-order valence-electron chi connectivity index (χ2n) is 14.5. The van der Waals surface area contributed by atoms with Crippen molar-refractivity contribution in [2.24, 2.45) is 28.6 Å². The molecule has 262 valence electrons. The molecule has 9 atom stereocenters. The van der Waals surface area contributed by atoms with E-state index in [4.69, 9.17) is 24.6 Å². The fourth-order valence-electron chi connectivity index (χ4n) is 9.36. The van der Waals surface area contributed by atoms with Gasteiger partial charge < -0.3 is 24.6 Å². The van der Waals surface area contributed by atoms with Gasteiger partial charge in [-0.15, -0.1) is 0 Å². The van der Waals surface area contributed by atoms with Gasteiger partial charge >= 0.3 is 5.97 Å². The maximum atomic E-state index is 15.8. The van der Waals surface area contributed by atoms with Crippen LogP contribution in [0.5, 0.6) is 0 Å². The van der Waals surface area contributed by atoms with Gasteiger partial charge in [0.05, 0.1) is 30.6 Å². The maximum Gasteiger partial charge on any atom is 0.308 e. The highest BCUT2D eigenvalue weighted by Crippen LogP contribution is 2.70. The number of ketones is 2. The van der Waals surface area contributed by atoms with E-state index in [-0.39, 0.29) is 73.7 Å². The van der Waals surface area contributed by atoms with Crippen molar-refractivity contribution in [1.29, 1.82) is 0 Å². The van der Waals surface area contributed by atoms with E-state index >= 15 is 4.39 Å². The van der Waals surface area contributed by atoms with Crippen molar-refractivity contribution in [2.45, 2.75) is 109 Å². The van der Waals surface area contributed by atoms with Crippen molar-refractivity contribution in [3.63, 3.8) is 0 Å². The largest absolute Gasteiger partial charge is 0.457 e. The number of hydrogen-bond acceptors (Lipinski definition) is 12. The third-order valence-electron chi connectivity index (χ3n) is 11.2. The monoisotopic (exact) mass is 666 g/mol. The van der Waals surface area contributed by atoms with Gasteiger partial charge in [-0.2, -0.15) is 0 Å². The van der Waals surface area contributed by atoms with Crippen LogP contribution >= 0.6 is 0 Å². The van der Waals surface area contributed by atoms with Crippen LogP contribution in [0.15, 0.2) is 23.8 Å². The minimum Gasteiger partial charge on any atom is -0.457 e. The molecule has 0 radical (unpaired) electrons. The van der Waals surface area contributed by atoms with E-state index < -0.39 is 59.0 Å². The van der Waals surface area contributed by atoms with Crippen molar-refractivity contribution in [3.8, 4) is 0 Å². The summed E-state index contributed by atoms with van der Waals surface area (Å²) in [6.45, 7) is 6.70. The van der Waals surface area contributed by atoms with E-state index in [1.54, 1.807) is 19.9 Å². The zero-order chi connectivity index (χ0) is 34.4. The zero-order valence-corrected chi connectivity index (χ0v) is 27.4. The first-order chi connectivity index (χ1) is 22.0. The number of halogens is 1. The predicted octanol–water partition coefficient (Wildman–Crippen LogP) is 2.90. The van der Waals surface area contributed by atoms with Crippen LogP contribution in [0.25, 0.3) is 0 Å². The Balaban J connectivity index is 1.22. The average Bonchev–Trinajstić information content (AvgIpc) is 3.39. The van der Waals surface area contributed by atoms with Crippen LogP contribution in [0.2, 0.25) is 0 Å². The predicted molar refractivity (Wildman–Crippen MR) is 160 cm³/mol. The Morgan fingerprint density at radius 1 is 1.11 bits per heavy atom. The van der Waals surface area contributed by atoms with Crippen molar-refractivity contribution in [1.82, 2.24) is 10.7 Å². The number of aliphatic hydroxyl groups is 1. The van der Waals surface area contributed by atoms with E-state index in [2.05, 4.69) is 10.2 Å². The minimum atomic E-state index is -1.54. The summed E-state index contributed by atoms with van der Waals surface area (Å²) in [5.41, 5.74) is -2.97. The van der Waals surface area contributed by atoms with Crippen molar-refractivity contribution in [3.05, 3.63) is 23.8 Å². The van der Waals surface area contributed by atoms with Crippen molar-refractivity contribution >= 4 is 23.4 Å². The topological polar surface area (TPSA) is 181 Å². The number of aliphatic hydroxyl groups excluding tert-OH is 1. The highest BCUT2D eigenvalue weighted by atomic mass is 19.1. The second-order valence-corrected chi connectivity index (χ2v) is 14.5. The van der Waals surface area contributed by atoms with E-state index in [0.717, 1.165) is 0 Å². The summed E-state index contributed by atoms with van der Waals surface area (Å²) in [4.78, 5) is 55.4. The normalized spacial score (nSPS) is 38.2. The molecular formula is C33H47FN2O11. The standard InChI is InChI=1S/C33H47FN2O11/c1-30(2)46-26-16-21-20-15-23(34)22-14-19(37)9-11-31(22,3)29(20)24(38)17-32(21,4)33(26,47-30)25(39)18-44-28(41)10-12-35-27(40)8-6-5-7-13-45-36(42)43/h9,11,14,20-21,23-24,26,29,38,42-43H,5-8,10,12-13,15-18H2,1-4H3,(H,35,40)/t20-,21-,23-,24-,26+,29+,31-,32-,33+/m0/s1. The number of hydrogen-bond donors (Lipinski definition) is 4. The number of allylic oxidation sites excluding steroid dienone is 4. The number of alkyl halides is 1. The fraction of sp³-hybridized carbons (Fsp3) is 0.758. The number of rotatable bonds is 13. The molecule has 4 aliphatic carbocycles. The van der Waals surface area contributed by atoms with Gasteiger partial charge in [0.25, 0.3) is 0 Å². The Bertz CT molecular complexity index is 1320. The number of nitrogens with one attached hydrogen (secondary N) is 1. The molecule has 0 unspecified atom stereocenters. The molecule has 1 saturated heterocycles. The average molecular weight is 667 g/mol. The Morgan fingerprint density at radius 3 is 2.57 bits per heavy atom. The Morgan fingerprint density at radius 2 is 1.85 bits per heavy atom. The van der Waals surface area contributed by atoms with Crippen LogP contribution < -0.4 is 5.32 Å². The summed E-state index contributed by atoms with van der Waals surface area (Å²) in [5.74, 6) is -3.77. The molecule has 13 nitrogen and oxygen atoms in total. The molecule has 0 aromatic carbocycles. The Kier molecular flexibility index (Phi) is 10.2. The lowest BCUT2D eigenvalue weighted by molar-refractivity contribution is -0.492. The number of carbonyl (C=O) groups is 4. The Labute approximate surface area is 273 Å². The van der Waals surface area contributed by atoms with E-state index in [9.17, 15) is 24.3 Å². The van der Waals surface area contributed by atoms with Gasteiger partial charge in [-0.1, -0.05) is 26.3 Å². The van der Waals surface area contributed by atoms with E-state index in [1.165, 1.54) is 12.2 Å². The zero-order valence-electron chi connectivity index (χ0n) is 27.4. The summed E-state index contributed by atoms with van der Waals surface area (Å²) in [7, 11) is 0. The number of carbonyl (C=O) groups excluding carboxylic acids is 4. The summed E-state index contributed by atoms with van der Waals surface area (Å²) in [6, 6.07) is 0. The van der Waals surface area contributed by atoms with Crippen LogP contribution in [-0.2, 0) is 38.2 Å². The van der Waals surface area contributed by atoms with Crippen LogP contribution in [0, 0.1) is 28.6 Å². The van der Waals surface area contributed by atoms with Gasteiger partial charge in [0.1, 0.15) is 6.17 Å². The molecule has 1 aliphatic heterocycles. The lowest BCUT2D eigenvalue weighted by Gasteiger charge is -2.60. The molecule has 0 aromatic rings. The number of esters is 1. The number of fused-ring (bicyclic) bond motifs is 7. The molecule has 4 fully saturated rings. The van der Waals surface area contributed by atoms with E-state index in [0.29, 0.717) is 31.3 Å². The van der Waals surface area contributed by atoms with Gasteiger partial charge in [-0.3, -0.25) is 34.4 Å². The summed E-state index contributed by atoms with van der Waals surface area (Å²) in [6.07, 6.45) is 3.94. The first kappa shape index (κ1) is 35.7. The molecule has 5 aliphatic rings. The minimum absolute atomic E-state index is 0.0219. The number of Topliss-reactive ketones (excluding diaryl/α,β-unsaturated/α-hetero) is 1. The van der Waals surface area contributed by atoms with Crippen molar-refractivity contribution in [2.75, 3.05) is 19.8 Å². The first-order valence-corrected chi connectivity index (χ1v) is 16.5. The van der Waals surface area contributed by atoms with Crippen molar-refractivity contribution < 1.29 is 58.1 Å². The van der Waals surface area contributed by atoms with Gasteiger partial charge in [-0.25, -0.2) is 4.39 Å². The summed E-state index contributed by atoms with van der Waals surface area (Å²) < 4.78 is 34.0. The first-order valence-electron chi connectivity index (χ1n) is 16.5. The lowest BCUT2D eigenvalue weighted by Crippen LogP contribution is -2.64. The lowest BCUT2D eigenvalue weighted by atomic mass is 9.46. The number of unbranched alkanes of at least 4 members (excludes halogenated alkanes) is 2. The van der Waals surface area contributed by atoms with Gasteiger partial charge in [0.2, 0.25) is 11.7 Å². The summed E-state index contributed by atoms with van der Waals surface area (Å²) in [5, 5.41) is 31.0. The smallest absolute Gasteiger partial charge is 0.308 e. The van der Waals surface area contributed by atoms with Crippen LogP contribution in [0.1, 0.15) is 79.1 Å². The summed E-state index contributed by atoms with van der Waals surface area (Å²) >= 11 is 0. The van der Waals surface area contributed by atoms with Gasteiger partial charge in [0, 0.05) is 29.7 Å². The SMILES string of the molecule is CC1(C)O[C@@H]2C[C@H]3[C@@H]4C[C@H](F)C5=CC(=O)C=C[C@]5(C)[C@H]4[C@@H](O)C[C@]3(C)[C@]2(C(=O)COC(=O)CCNC(=O)CCCCCON(O)O)O1. The highest BCUT2D eigenvalue weighted by molar-refractivity contribution is 6.01. The van der Waals surface area contributed by atoms with Gasteiger partial charge in [-0.05, 0) is 75.5 Å². The number of ether oxygens (including phenoxy) is 3.